The summed E-state index contributed by atoms with van der Waals surface area (Å²) >= 11 is 0. The summed E-state index contributed by atoms with van der Waals surface area (Å²) in [6.07, 6.45) is 0. The summed E-state index contributed by atoms with van der Waals surface area (Å²) in [5, 5.41) is 5.80. The lowest BCUT2D eigenvalue weighted by Gasteiger charge is -2.12. The molecule has 0 aliphatic carbocycles. The van der Waals surface area contributed by atoms with Crippen molar-refractivity contribution in [3.8, 4) is 11.4 Å². The standard InChI is InChI=1S/C31H30N6O2/c1-36(2)25-14-7-20(8-15-25)29-34-27-18-13-24(19-28(27)35-29)33-31(39)21-5-11-23(12-6-21)32-30(38)22-9-16-26(17-10-22)37(3)4/h5-19H,1-4H3,(H,32,38)(H,33,39)(H,34,35). The fraction of sp³-hybridized carbons (Fsp3) is 0.129. The number of hydrogen-bond acceptors (Lipinski definition) is 5. The van der Waals surface area contributed by atoms with E-state index >= 15 is 0 Å². The van der Waals surface area contributed by atoms with E-state index < -0.39 is 0 Å². The molecule has 0 radical (unpaired) electrons. The van der Waals surface area contributed by atoms with Crippen LogP contribution in [0, 0.1) is 0 Å². The third-order valence-corrected chi connectivity index (χ3v) is 6.45. The van der Waals surface area contributed by atoms with E-state index in [9.17, 15) is 9.59 Å². The molecule has 0 fully saturated rings. The van der Waals surface area contributed by atoms with Gasteiger partial charge in [0.05, 0.1) is 11.0 Å². The van der Waals surface area contributed by atoms with Crippen molar-refractivity contribution in [3.63, 3.8) is 0 Å². The zero-order valence-electron chi connectivity index (χ0n) is 22.3. The van der Waals surface area contributed by atoms with Crippen molar-refractivity contribution in [1.29, 1.82) is 0 Å². The molecule has 8 heteroatoms. The van der Waals surface area contributed by atoms with Crippen molar-refractivity contribution in [1.82, 2.24) is 9.97 Å². The quantitative estimate of drug-likeness (QED) is 0.251. The Morgan fingerprint density at radius 1 is 0.641 bits per heavy atom. The number of carbonyl (C=O) groups excluding carboxylic acids is 2. The maximum Gasteiger partial charge on any atom is 0.255 e. The molecule has 1 heterocycles. The van der Waals surface area contributed by atoms with Gasteiger partial charge >= 0.3 is 0 Å². The van der Waals surface area contributed by atoms with Crippen LogP contribution in [0.3, 0.4) is 0 Å². The summed E-state index contributed by atoms with van der Waals surface area (Å²) in [7, 11) is 7.91. The summed E-state index contributed by atoms with van der Waals surface area (Å²) in [6, 6.07) is 27.9. The van der Waals surface area contributed by atoms with Gasteiger partial charge in [-0.15, -0.1) is 0 Å². The first-order chi connectivity index (χ1) is 18.8. The van der Waals surface area contributed by atoms with Crippen molar-refractivity contribution in [2.24, 2.45) is 0 Å². The van der Waals surface area contributed by atoms with E-state index in [1.807, 2.05) is 92.6 Å². The summed E-state index contributed by atoms with van der Waals surface area (Å²) in [6.45, 7) is 0. The number of hydrogen-bond donors (Lipinski definition) is 3. The highest BCUT2D eigenvalue weighted by atomic mass is 16.2. The topological polar surface area (TPSA) is 93.4 Å². The van der Waals surface area contributed by atoms with Gasteiger partial charge in [-0.2, -0.15) is 0 Å². The lowest BCUT2D eigenvalue weighted by molar-refractivity contribution is 0.102. The normalized spacial score (nSPS) is 10.8. The monoisotopic (exact) mass is 518 g/mol. The minimum Gasteiger partial charge on any atom is -0.378 e. The van der Waals surface area contributed by atoms with Crippen molar-refractivity contribution < 1.29 is 9.59 Å². The van der Waals surface area contributed by atoms with Gasteiger partial charge in [0.1, 0.15) is 5.82 Å². The van der Waals surface area contributed by atoms with Crippen LogP contribution >= 0.6 is 0 Å². The molecule has 39 heavy (non-hydrogen) atoms. The summed E-state index contributed by atoms with van der Waals surface area (Å²) < 4.78 is 0. The fourth-order valence-electron chi connectivity index (χ4n) is 4.16. The molecule has 0 atom stereocenters. The van der Waals surface area contributed by atoms with Crippen LogP contribution < -0.4 is 20.4 Å². The molecule has 0 bridgehead atoms. The van der Waals surface area contributed by atoms with Gasteiger partial charge < -0.3 is 25.4 Å². The predicted octanol–water partition coefficient (Wildman–Crippen LogP) is 5.87. The number of anilines is 4. The van der Waals surface area contributed by atoms with Crippen LogP contribution in [0.1, 0.15) is 20.7 Å². The van der Waals surface area contributed by atoms with Crippen LogP contribution in [0.4, 0.5) is 22.7 Å². The number of nitrogens with one attached hydrogen (secondary N) is 3. The van der Waals surface area contributed by atoms with Crippen LogP contribution in [0.25, 0.3) is 22.4 Å². The van der Waals surface area contributed by atoms with Gasteiger partial charge in [0.15, 0.2) is 0 Å². The van der Waals surface area contributed by atoms with Gasteiger partial charge in [-0.05, 0) is 91.0 Å². The van der Waals surface area contributed by atoms with Crippen molar-refractivity contribution in [2.45, 2.75) is 0 Å². The molecule has 0 saturated carbocycles. The van der Waals surface area contributed by atoms with Crippen LogP contribution in [0.5, 0.6) is 0 Å². The van der Waals surface area contributed by atoms with Gasteiger partial charge in [-0.1, -0.05) is 0 Å². The largest absolute Gasteiger partial charge is 0.378 e. The number of benzene rings is 4. The third kappa shape index (κ3) is 5.75. The Labute approximate surface area is 227 Å². The van der Waals surface area contributed by atoms with E-state index in [2.05, 4.69) is 15.6 Å². The highest BCUT2D eigenvalue weighted by Gasteiger charge is 2.11. The van der Waals surface area contributed by atoms with E-state index in [0.29, 0.717) is 22.5 Å². The molecule has 196 valence electrons. The van der Waals surface area contributed by atoms with E-state index in [1.165, 1.54) is 0 Å². The molecule has 1 aromatic heterocycles. The van der Waals surface area contributed by atoms with E-state index in [4.69, 9.17) is 4.98 Å². The number of rotatable bonds is 7. The van der Waals surface area contributed by atoms with Gasteiger partial charge in [0, 0.05) is 67.6 Å². The van der Waals surface area contributed by atoms with Crippen LogP contribution in [0.2, 0.25) is 0 Å². The number of aromatic nitrogens is 2. The molecule has 0 aliphatic rings. The lowest BCUT2D eigenvalue weighted by atomic mass is 10.1. The molecule has 2 amide bonds. The summed E-state index contributed by atoms with van der Waals surface area (Å²) in [5.41, 5.74) is 7.06. The van der Waals surface area contributed by atoms with Crippen molar-refractivity contribution in [2.75, 3.05) is 48.6 Å². The second-order valence-corrected chi connectivity index (χ2v) is 9.69. The summed E-state index contributed by atoms with van der Waals surface area (Å²) in [5.74, 6) is 0.310. The van der Waals surface area contributed by atoms with Gasteiger partial charge in [0.25, 0.3) is 11.8 Å². The Morgan fingerprint density at radius 3 is 1.69 bits per heavy atom. The molecule has 5 aromatic rings. The molecular weight excluding hydrogens is 488 g/mol. The van der Waals surface area contributed by atoms with Crippen molar-refractivity contribution >= 4 is 45.6 Å². The molecule has 0 unspecified atom stereocenters. The Kier molecular flexibility index (Phi) is 7.01. The zero-order chi connectivity index (χ0) is 27.5. The number of fused-ring (bicyclic) bond motifs is 1. The molecule has 5 rings (SSSR count). The van der Waals surface area contributed by atoms with Crippen LogP contribution in [-0.4, -0.2) is 50.0 Å². The van der Waals surface area contributed by atoms with Gasteiger partial charge in [0.2, 0.25) is 0 Å². The average molecular weight is 519 g/mol. The van der Waals surface area contributed by atoms with E-state index in [-0.39, 0.29) is 11.8 Å². The number of amides is 2. The van der Waals surface area contributed by atoms with Crippen LogP contribution in [-0.2, 0) is 0 Å². The first-order valence-electron chi connectivity index (χ1n) is 12.5. The smallest absolute Gasteiger partial charge is 0.255 e. The molecule has 3 N–H and O–H groups in total. The van der Waals surface area contributed by atoms with Crippen molar-refractivity contribution in [3.05, 3.63) is 102 Å². The predicted molar refractivity (Wildman–Crippen MR) is 159 cm³/mol. The lowest BCUT2D eigenvalue weighted by Crippen LogP contribution is -2.14. The average Bonchev–Trinajstić information content (AvgIpc) is 3.37. The molecule has 4 aromatic carbocycles. The Balaban J connectivity index is 1.23. The molecule has 0 spiro atoms. The zero-order valence-corrected chi connectivity index (χ0v) is 22.3. The minimum atomic E-state index is -0.249. The minimum absolute atomic E-state index is 0.210. The van der Waals surface area contributed by atoms with E-state index in [0.717, 1.165) is 33.8 Å². The molecular formula is C31H30N6O2. The number of aromatic amines is 1. The Bertz CT molecular complexity index is 1620. The van der Waals surface area contributed by atoms with E-state index in [1.54, 1.807) is 36.4 Å². The van der Waals surface area contributed by atoms with Gasteiger partial charge in [-0.25, -0.2) is 4.98 Å². The first kappa shape index (κ1) is 25.5. The third-order valence-electron chi connectivity index (χ3n) is 6.45. The highest BCUT2D eigenvalue weighted by Crippen LogP contribution is 2.25. The second-order valence-electron chi connectivity index (χ2n) is 9.69. The SMILES string of the molecule is CN(C)c1ccc(C(=O)Nc2ccc(C(=O)Nc3ccc4[nH]c(-c5ccc(N(C)C)cc5)nc4c3)cc2)cc1. The number of H-pyrrole nitrogens is 1. The maximum atomic E-state index is 12.9. The fourth-order valence-corrected chi connectivity index (χ4v) is 4.16. The van der Waals surface area contributed by atoms with Gasteiger partial charge in [-0.3, -0.25) is 9.59 Å². The number of nitrogens with zero attached hydrogens (tertiary/aromatic N) is 3. The molecule has 0 aliphatic heterocycles. The Hall–Kier alpha value is -5.11. The highest BCUT2D eigenvalue weighted by molar-refractivity contribution is 6.06. The first-order valence-corrected chi connectivity index (χ1v) is 12.5. The molecule has 0 saturated heterocycles. The molecule has 8 nitrogen and oxygen atoms in total. The maximum absolute atomic E-state index is 12.9. The summed E-state index contributed by atoms with van der Waals surface area (Å²) in [4.78, 5) is 37.5. The second kappa shape index (κ2) is 10.7. The van der Waals surface area contributed by atoms with Crippen LogP contribution in [0.15, 0.2) is 91.0 Å². The number of carbonyl (C=O) groups is 2. The number of imidazole rings is 1. The Morgan fingerprint density at radius 2 is 1.13 bits per heavy atom.